The zero-order valence-corrected chi connectivity index (χ0v) is 12.2. The van der Waals surface area contributed by atoms with Crippen molar-refractivity contribution < 1.29 is 4.79 Å². The molecular weight excluding hydrogens is 244 g/mol. The summed E-state index contributed by atoms with van der Waals surface area (Å²) in [6, 6.07) is 3.89. The van der Waals surface area contributed by atoms with Gasteiger partial charge in [-0.3, -0.25) is 4.79 Å². The van der Waals surface area contributed by atoms with Gasteiger partial charge in [0.25, 0.3) is 0 Å². The Morgan fingerprint density at radius 1 is 1.22 bits per heavy atom. The molecular formula is C16H21ClO. The number of halogens is 1. The Balaban J connectivity index is 2.42. The van der Waals surface area contributed by atoms with Gasteiger partial charge in [0.1, 0.15) is 0 Å². The maximum atomic E-state index is 12.8. The van der Waals surface area contributed by atoms with Crippen LogP contribution in [-0.4, -0.2) is 5.78 Å². The van der Waals surface area contributed by atoms with E-state index in [0.717, 1.165) is 36.0 Å². The molecule has 2 heteroatoms. The Hall–Kier alpha value is -0.820. The topological polar surface area (TPSA) is 17.1 Å². The number of Topliss-reactive ketones (excluding diaryl/α,β-unsaturated/α-hetero) is 1. The van der Waals surface area contributed by atoms with Gasteiger partial charge in [-0.15, -0.1) is 0 Å². The van der Waals surface area contributed by atoms with Crippen LogP contribution in [0.3, 0.4) is 0 Å². The van der Waals surface area contributed by atoms with E-state index in [-0.39, 0.29) is 11.2 Å². The summed E-state index contributed by atoms with van der Waals surface area (Å²) in [5.74, 6) is 0.260. The van der Waals surface area contributed by atoms with Gasteiger partial charge in [-0.05, 0) is 56.4 Å². The van der Waals surface area contributed by atoms with Crippen LogP contribution in [-0.2, 0) is 0 Å². The van der Waals surface area contributed by atoms with Crippen LogP contribution in [0.25, 0.3) is 0 Å². The Morgan fingerprint density at radius 2 is 1.78 bits per heavy atom. The lowest BCUT2D eigenvalue weighted by molar-refractivity contribution is 0.0791. The maximum absolute atomic E-state index is 12.8. The number of rotatable bonds is 3. The molecule has 0 radical (unpaired) electrons. The van der Waals surface area contributed by atoms with E-state index < -0.39 is 0 Å². The minimum Gasteiger partial charge on any atom is -0.294 e. The van der Waals surface area contributed by atoms with Crippen molar-refractivity contribution in [1.29, 1.82) is 0 Å². The molecule has 0 aromatic heterocycles. The van der Waals surface area contributed by atoms with E-state index in [9.17, 15) is 4.79 Å². The first-order valence-corrected chi connectivity index (χ1v) is 7.19. The minimum absolute atomic E-state index is 0.147. The molecule has 2 rings (SSSR count). The van der Waals surface area contributed by atoms with Gasteiger partial charge in [0.05, 0.1) is 5.02 Å². The normalized spacial score (nSPS) is 18.0. The van der Waals surface area contributed by atoms with Gasteiger partial charge in [-0.1, -0.05) is 31.4 Å². The highest BCUT2D eigenvalue weighted by molar-refractivity contribution is 6.34. The van der Waals surface area contributed by atoms with E-state index in [1.165, 1.54) is 12.8 Å². The summed E-state index contributed by atoms with van der Waals surface area (Å²) in [6.07, 6.45) is 5.30. The van der Waals surface area contributed by atoms with Crippen molar-refractivity contribution in [2.45, 2.75) is 52.9 Å². The molecule has 0 amide bonds. The number of carbonyl (C=O) groups is 1. The number of ketones is 1. The molecule has 1 aliphatic carbocycles. The van der Waals surface area contributed by atoms with Gasteiger partial charge in [0.2, 0.25) is 0 Å². The summed E-state index contributed by atoms with van der Waals surface area (Å²) in [6.45, 7) is 6.19. The fourth-order valence-corrected chi connectivity index (χ4v) is 3.34. The Labute approximate surface area is 115 Å². The highest BCUT2D eigenvalue weighted by Gasteiger charge is 2.40. The molecule has 1 aromatic rings. The van der Waals surface area contributed by atoms with E-state index in [1.54, 1.807) is 0 Å². The van der Waals surface area contributed by atoms with Crippen molar-refractivity contribution in [2.75, 3.05) is 0 Å². The highest BCUT2D eigenvalue weighted by atomic mass is 35.5. The molecule has 0 aliphatic heterocycles. The average molecular weight is 265 g/mol. The average Bonchev–Trinajstić information content (AvgIpc) is 2.83. The fraction of sp³-hybridized carbons (Fsp3) is 0.562. The van der Waals surface area contributed by atoms with Crippen LogP contribution in [0.1, 0.15) is 60.5 Å². The largest absolute Gasteiger partial charge is 0.294 e. The van der Waals surface area contributed by atoms with Gasteiger partial charge >= 0.3 is 0 Å². The maximum Gasteiger partial charge on any atom is 0.170 e. The van der Waals surface area contributed by atoms with Crippen LogP contribution in [0.4, 0.5) is 0 Å². The van der Waals surface area contributed by atoms with Crippen LogP contribution < -0.4 is 0 Å². The van der Waals surface area contributed by atoms with Crippen LogP contribution >= 0.6 is 11.6 Å². The number of carbonyl (C=O) groups excluding carboxylic acids is 1. The third kappa shape index (κ3) is 2.21. The molecule has 1 aromatic carbocycles. The van der Waals surface area contributed by atoms with Crippen LogP contribution in [0.2, 0.25) is 5.02 Å². The van der Waals surface area contributed by atoms with E-state index >= 15 is 0 Å². The summed E-state index contributed by atoms with van der Waals surface area (Å²) in [4.78, 5) is 12.8. The Kier molecular flexibility index (Phi) is 3.82. The van der Waals surface area contributed by atoms with Gasteiger partial charge in [-0.25, -0.2) is 0 Å². The van der Waals surface area contributed by atoms with Gasteiger partial charge < -0.3 is 0 Å². The van der Waals surface area contributed by atoms with E-state index in [1.807, 2.05) is 26.0 Å². The van der Waals surface area contributed by atoms with Crippen LogP contribution in [0, 0.1) is 19.3 Å². The lowest BCUT2D eigenvalue weighted by atomic mass is 9.76. The third-order valence-electron chi connectivity index (χ3n) is 4.55. The summed E-state index contributed by atoms with van der Waals surface area (Å²) in [5.41, 5.74) is 2.87. The Morgan fingerprint density at radius 3 is 2.33 bits per heavy atom. The molecule has 1 saturated carbocycles. The number of hydrogen-bond acceptors (Lipinski definition) is 1. The number of benzene rings is 1. The summed E-state index contributed by atoms with van der Waals surface area (Å²) < 4.78 is 0. The monoisotopic (exact) mass is 264 g/mol. The first-order valence-electron chi connectivity index (χ1n) is 6.82. The quantitative estimate of drug-likeness (QED) is 0.694. The third-order valence-corrected chi connectivity index (χ3v) is 4.86. The lowest BCUT2D eigenvalue weighted by Gasteiger charge is -2.26. The molecule has 0 spiro atoms. The summed E-state index contributed by atoms with van der Waals surface area (Å²) >= 11 is 6.27. The summed E-state index contributed by atoms with van der Waals surface area (Å²) in [5, 5.41) is 0.614. The highest BCUT2D eigenvalue weighted by Crippen LogP contribution is 2.44. The molecule has 0 bridgehead atoms. The molecule has 1 nitrogen and oxygen atoms in total. The zero-order chi connectivity index (χ0) is 13.3. The van der Waals surface area contributed by atoms with Crippen molar-refractivity contribution in [3.63, 3.8) is 0 Å². The van der Waals surface area contributed by atoms with E-state index in [4.69, 9.17) is 11.6 Å². The summed E-state index contributed by atoms with van der Waals surface area (Å²) in [7, 11) is 0. The van der Waals surface area contributed by atoms with Crippen LogP contribution in [0.5, 0.6) is 0 Å². The van der Waals surface area contributed by atoms with E-state index in [0.29, 0.717) is 5.02 Å². The van der Waals surface area contributed by atoms with E-state index in [2.05, 4.69) is 6.92 Å². The van der Waals surface area contributed by atoms with Gasteiger partial charge in [0, 0.05) is 11.0 Å². The second-order valence-electron chi connectivity index (χ2n) is 5.59. The predicted octanol–water partition coefficient (Wildman–Crippen LogP) is 5.11. The molecule has 18 heavy (non-hydrogen) atoms. The SMILES string of the molecule is CCC1(C(=O)c2cc(C)c(C)cc2Cl)CCCC1. The minimum atomic E-state index is -0.147. The lowest BCUT2D eigenvalue weighted by Crippen LogP contribution is -2.27. The molecule has 0 saturated heterocycles. The van der Waals surface area contributed by atoms with Crippen molar-refractivity contribution >= 4 is 17.4 Å². The van der Waals surface area contributed by atoms with Crippen molar-refractivity contribution in [3.05, 3.63) is 33.8 Å². The number of hydrogen-bond donors (Lipinski definition) is 0. The van der Waals surface area contributed by atoms with Crippen molar-refractivity contribution in [2.24, 2.45) is 5.41 Å². The predicted molar refractivity (Wildman–Crippen MR) is 76.4 cm³/mol. The second kappa shape index (κ2) is 5.05. The van der Waals surface area contributed by atoms with Crippen LogP contribution in [0.15, 0.2) is 12.1 Å². The van der Waals surface area contributed by atoms with Gasteiger partial charge in [-0.2, -0.15) is 0 Å². The smallest absolute Gasteiger partial charge is 0.170 e. The molecule has 0 atom stereocenters. The molecule has 0 heterocycles. The second-order valence-corrected chi connectivity index (χ2v) is 5.99. The van der Waals surface area contributed by atoms with Crippen molar-refractivity contribution in [1.82, 2.24) is 0 Å². The molecule has 0 N–H and O–H groups in total. The Bertz CT molecular complexity index is 470. The fourth-order valence-electron chi connectivity index (χ4n) is 3.03. The van der Waals surface area contributed by atoms with Gasteiger partial charge in [0.15, 0.2) is 5.78 Å². The number of aryl methyl sites for hydroxylation is 2. The molecule has 1 aliphatic rings. The van der Waals surface area contributed by atoms with Crippen molar-refractivity contribution in [3.8, 4) is 0 Å². The first kappa shape index (κ1) is 13.6. The zero-order valence-electron chi connectivity index (χ0n) is 11.5. The molecule has 0 unspecified atom stereocenters. The standard InChI is InChI=1S/C16H21ClO/c1-4-16(7-5-6-8-16)15(18)13-9-11(2)12(3)10-14(13)17/h9-10H,4-8H2,1-3H3. The molecule has 98 valence electrons. The first-order chi connectivity index (χ1) is 8.50. The molecule has 1 fully saturated rings.